The van der Waals surface area contributed by atoms with E-state index in [0.717, 1.165) is 19.3 Å². The fraction of sp³-hybridized carbons (Fsp3) is 0.440. The lowest BCUT2D eigenvalue weighted by molar-refractivity contribution is -0.167. The Kier molecular flexibility index (Phi) is 8.55. The molecule has 3 nitrogen and oxygen atoms in total. The SMILES string of the molecule is C=CCCCOc1ccc(-c2ccc(C3CCC(OCCC)OC3)c(F)c2)c(F)c1F. The van der Waals surface area contributed by atoms with E-state index >= 15 is 0 Å². The van der Waals surface area contributed by atoms with Gasteiger partial charge in [0.1, 0.15) is 5.82 Å². The minimum Gasteiger partial charge on any atom is -0.490 e. The van der Waals surface area contributed by atoms with Gasteiger partial charge >= 0.3 is 0 Å². The van der Waals surface area contributed by atoms with E-state index in [9.17, 15) is 13.2 Å². The van der Waals surface area contributed by atoms with Gasteiger partial charge in [-0.05, 0) is 61.4 Å². The highest BCUT2D eigenvalue weighted by molar-refractivity contribution is 5.66. The van der Waals surface area contributed by atoms with Gasteiger partial charge in [0, 0.05) is 18.1 Å². The first kappa shape index (κ1) is 23.4. The zero-order chi connectivity index (χ0) is 22.2. The Morgan fingerprint density at radius 3 is 2.61 bits per heavy atom. The lowest BCUT2D eigenvalue weighted by Gasteiger charge is -2.29. The summed E-state index contributed by atoms with van der Waals surface area (Å²) in [7, 11) is 0. The first-order valence-electron chi connectivity index (χ1n) is 10.8. The van der Waals surface area contributed by atoms with E-state index in [-0.39, 0.29) is 35.7 Å². The third-order valence-corrected chi connectivity index (χ3v) is 5.35. The molecule has 1 fully saturated rings. The third kappa shape index (κ3) is 5.89. The van der Waals surface area contributed by atoms with Gasteiger partial charge in [-0.3, -0.25) is 0 Å². The van der Waals surface area contributed by atoms with Crippen molar-refractivity contribution in [1.29, 1.82) is 0 Å². The average Bonchev–Trinajstić information content (AvgIpc) is 2.78. The van der Waals surface area contributed by atoms with Crippen LogP contribution in [0.2, 0.25) is 0 Å². The second-order valence-corrected chi connectivity index (χ2v) is 7.66. The summed E-state index contributed by atoms with van der Waals surface area (Å²) in [4.78, 5) is 0. The van der Waals surface area contributed by atoms with Crippen LogP contribution in [0.3, 0.4) is 0 Å². The van der Waals surface area contributed by atoms with Crippen LogP contribution in [0.4, 0.5) is 13.2 Å². The molecule has 1 heterocycles. The fourth-order valence-corrected chi connectivity index (χ4v) is 3.66. The molecule has 0 N–H and O–H groups in total. The molecule has 0 aromatic heterocycles. The van der Waals surface area contributed by atoms with E-state index in [0.29, 0.717) is 31.6 Å². The molecule has 1 saturated heterocycles. The smallest absolute Gasteiger partial charge is 0.201 e. The molecule has 0 aliphatic carbocycles. The maximum atomic E-state index is 14.8. The molecule has 3 rings (SSSR count). The van der Waals surface area contributed by atoms with Gasteiger partial charge in [-0.15, -0.1) is 6.58 Å². The van der Waals surface area contributed by atoms with Gasteiger partial charge in [-0.2, -0.15) is 4.39 Å². The first-order valence-corrected chi connectivity index (χ1v) is 10.8. The van der Waals surface area contributed by atoms with E-state index < -0.39 is 17.5 Å². The monoisotopic (exact) mass is 434 g/mol. The molecule has 0 bridgehead atoms. The van der Waals surface area contributed by atoms with Crippen molar-refractivity contribution in [2.75, 3.05) is 19.8 Å². The molecule has 2 unspecified atom stereocenters. The summed E-state index contributed by atoms with van der Waals surface area (Å²) in [6, 6.07) is 7.27. The van der Waals surface area contributed by atoms with Crippen molar-refractivity contribution < 1.29 is 27.4 Å². The largest absolute Gasteiger partial charge is 0.490 e. The molecular weight excluding hydrogens is 405 g/mol. The molecule has 2 aromatic rings. The van der Waals surface area contributed by atoms with Crippen molar-refractivity contribution in [3.63, 3.8) is 0 Å². The van der Waals surface area contributed by atoms with Gasteiger partial charge in [0.05, 0.1) is 13.2 Å². The highest BCUT2D eigenvalue weighted by Gasteiger charge is 2.26. The van der Waals surface area contributed by atoms with Gasteiger partial charge in [0.2, 0.25) is 5.82 Å². The summed E-state index contributed by atoms with van der Waals surface area (Å²) in [6.45, 7) is 6.90. The van der Waals surface area contributed by atoms with E-state index in [1.165, 1.54) is 18.2 Å². The summed E-state index contributed by atoms with van der Waals surface area (Å²) in [6.07, 6.45) is 5.24. The van der Waals surface area contributed by atoms with Crippen LogP contribution in [-0.4, -0.2) is 26.1 Å². The number of benzene rings is 2. The summed E-state index contributed by atoms with van der Waals surface area (Å²) in [5, 5.41) is 0. The molecule has 31 heavy (non-hydrogen) atoms. The van der Waals surface area contributed by atoms with E-state index in [1.54, 1.807) is 18.2 Å². The quantitative estimate of drug-likeness (QED) is 0.305. The number of halogens is 3. The zero-order valence-electron chi connectivity index (χ0n) is 17.8. The summed E-state index contributed by atoms with van der Waals surface area (Å²) < 4.78 is 60.5. The Morgan fingerprint density at radius 2 is 1.94 bits per heavy atom. The average molecular weight is 434 g/mol. The summed E-state index contributed by atoms with van der Waals surface area (Å²) in [5.41, 5.74) is 0.784. The lowest BCUT2D eigenvalue weighted by Crippen LogP contribution is -2.27. The van der Waals surface area contributed by atoms with E-state index in [4.69, 9.17) is 14.2 Å². The predicted octanol–water partition coefficient (Wildman–Crippen LogP) is 6.76. The van der Waals surface area contributed by atoms with Crippen LogP contribution in [0.5, 0.6) is 5.75 Å². The number of rotatable bonds is 10. The van der Waals surface area contributed by atoms with Gasteiger partial charge in [-0.1, -0.05) is 25.1 Å². The van der Waals surface area contributed by atoms with Crippen molar-refractivity contribution >= 4 is 0 Å². The van der Waals surface area contributed by atoms with Crippen LogP contribution in [-0.2, 0) is 9.47 Å². The minimum atomic E-state index is -1.07. The molecule has 168 valence electrons. The van der Waals surface area contributed by atoms with Gasteiger partial charge in [-0.25, -0.2) is 8.78 Å². The van der Waals surface area contributed by atoms with Gasteiger partial charge < -0.3 is 14.2 Å². The molecular formula is C25H29F3O3. The minimum absolute atomic E-state index is 0.00526. The Balaban J connectivity index is 1.70. The highest BCUT2D eigenvalue weighted by atomic mass is 19.2. The van der Waals surface area contributed by atoms with Crippen LogP contribution in [0.1, 0.15) is 50.5 Å². The molecule has 2 atom stereocenters. The van der Waals surface area contributed by atoms with Crippen molar-refractivity contribution in [3.05, 3.63) is 66.0 Å². The Labute approximate surface area is 181 Å². The first-order chi connectivity index (χ1) is 15.0. The van der Waals surface area contributed by atoms with Crippen molar-refractivity contribution in [2.45, 2.75) is 51.2 Å². The molecule has 2 aromatic carbocycles. The maximum absolute atomic E-state index is 14.8. The van der Waals surface area contributed by atoms with Crippen molar-refractivity contribution in [2.24, 2.45) is 0 Å². The zero-order valence-corrected chi connectivity index (χ0v) is 17.8. The summed E-state index contributed by atoms with van der Waals surface area (Å²) in [5.74, 6) is -2.82. The third-order valence-electron chi connectivity index (χ3n) is 5.35. The molecule has 0 amide bonds. The number of allylic oxidation sites excluding steroid dienone is 1. The molecule has 1 aliphatic rings. The lowest BCUT2D eigenvalue weighted by atomic mass is 9.91. The van der Waals surface area contributed by atoms with Gasteiger partial charge in [0.15, 0.2) is 17.9 Å². The molecule has 0 saturated carbocycles. The Bertz CT molecular complexity index is 877. The van der Waals surface area contributed by atoms with Crippen molar-refractivity contribution in [1.82, 2.24) is 0 Å². The van der Waals surface area contributed by atoms with E-state index in [1.807, 2.05) is 6.92 Å². The Hall–Kier alpha value is -2.31. The number of ether oxygens (including phenoxy) is 3. The number of hydrogen-bond donors (Lipinski definition) is 0. The van der Waals surface area contributed by atoms with Crippen LogP contribution < -0.4 is 4.74 Å². The predicted molar refractivity (Wildman–Crippen MR) is 115 cm³/mol. The topological polar surface area (TPSA) is 27.7 Å². The molecule has 0 radical (unpaired) electrons. The van der Waals surface area contributed by atoms with Crippen LogP contribution in [0.25, 0.3) is 11.1 Å². The van der Waals surface area contributed by atoms with E-state index in [2.05, 4.69) is 6.58 Å². The summed E-state index contributed by atoms with van der Waals surface area (Å²) >= 11 is 0. The second kappa shape index (κ2) is 11.3. The fourth-order valence-electron chi connectivity index (χ4n) is 3.66. The molecule has 1 aliphatic heterocycles. The van der Waals surface area contributed by atoms with Crippen LogP contribution >= 0.6 is 0 Å². The normalized spacial score (nSPS) is 18.7. The van der Waals surface area contributed by atoms with Crippen LogP contribution in [0.15, 0.2) is 43.0 Å². The molecule has 6 heteroatoms. The second-order valence-electron chi connectivity index (χ2n) is 7.66. The van der Waals surface area contributed by atoms with Crippen molar-refractivity contribution in [3.8, 4) is 16.9 Å². The van der Waals surface area contributed by atoms with Gasteiger partial charge in [0.25, 0.3) is 0 Å². The number of unbranched alkanes of at least 4 members (excludes halogenated alkanes) is 1. The number of hydrogen-bond acceptors (Lipinski definition) is 3. The molecule has 0 spiro atoms. The van der Waals surface area contributed by atoms with Crippen LogP contribution in [0, 0.1) is 17.5 Å². The standard InChI is InChI=1S/C25H29F3O3/c1-3-5-6-14-29-22-11-10-20(24(27)25(22)28)17-7-9-19(21(26)15-17)18-8-12-23(31-16-18)30-13-4-2/h3,7,9-11,15,18,23H,1,4-6,8,12-14,16H2,2H3. The Morgan fingerprint density at radius 1 is 1.10 bits per heavy atom. The maximum Gasteiger partial charge on any atom is 0.201 e. The highest BCUT2D eigenvalue weighted by Crippen LogP contribution is 2.34.